The summed E-state index contributed by atoms with van der Waals surface area (Å²) in [5, 5.41) is 0. The van der Waals surface area contributed by atoms with E-state index in [2.05, 4.69) is 0 Å². The minimum atomic E-state index is 0.490. The summed E-state index contributed by atoms with van der Waals surface area (Å²) in [5.74, 6) is 11.6. The fraction of sp³-hybridized carbons (Fsp3) is 0. The van der Waals surface area contributed by atoms with E-state index < -0.39 is 0 Å². The summed E-state index contributed by atoms with van der Waals surface area (Å²) in [5.41, 5.74) is 0. The van der Waals surface area contributed by atoms with Crippen LogP contribution >= 0.6 is 0 Å². The van der Waals surface area contributed by atoms with Crippen LogP contribution < -0.4 is 42.6 Å². The maximum Gasteiger partial charge on any atom is 0.134 e. The average Bonchev–Trinajstić information content (AvgIpc) is 3.38. The first-order valence-corrected chi connectivity index (χ1v) is 22.1. The summed E-state index contributed by atoms with van der Waals surface area (Å²) in [6.45, 7) is 0. The predicted octanol–water partition coefficient (Wildman–Crippen LogP) is 17.8. The Hall–Kier alpha value is -9.60. The van der Waals surface area contributed by atoms with E-state index >= 15 is 0 Å². The Bertz CT molecular complexity index is 2810. The highest BCUT2D eigenvalue weighted by Crippen LogP contribution is 2.38. The lowest BCUT2D eigenvalue weighted by Gasteiger charge is -2.14. The van der Waals surface area contributed by atoms with Crippen LogP contribution in [0.4, 0.5) is 0 Å². The third-order valence-electron chi connectivity index (χ3n) is 10.1. The van der Waals surface area contributed by atoms with Gasteiger partial charge in [0.25, 0.3) is 0 Å². The van der Waals surface area contributed by atoms with Crippen LogP contribution in [0.15, 0.2) is 255 Å². The van der Waals surface area contributed by atoms with Gasteiger partial charge in [0.2, 0.25) is 0 Å². The highest BCUT2D eigenvalue weighted by Gasteiger charge is 2.11. The van der Waals surface area contributed by atoms with Crippen LogP contribution in [0.3, 0.4) is 0 Å². The maximum atomic E-state index is 6.38. The molecule has 0 radical (unpaired) electrons. The van der Waals surface area contributed by atoms with Gasteiger partial charge in [-0.25, -0.2) is 0 Å². The van der Waals surface area contributed by atoms with E-state index in [1.165, 1.54) is 0 Å². The van der Waals surface area contributed by atoms with Crippen molar-refractivity contribution in [2.45, 2.75) is 0 Å². The summed E-state index contributed by atoms with van der Waals surface area (Å²) >= 11 is 0. The Morgan fingerprint density at radius 1 is 0.116 bits per heavy atom. The molecule has 69 heavy (non-hydrogen) atoms. The first-order chi connectivity index (χ1) is 34.0. The van der Waals surface area contributed by atoms with E-state index in [9.17, 15) is 0 Å². The molecule has 0 saturated heterocycles. The molecular weight excluding hydrogens is 865 g/mol. The zero-order valence-corrected chi connectivity index (χ0v) is 36.9. The Kier molecular flexibility index (Phi) is 13.3. The van der Waals surface area contributed by atoms with Gasteiger partial charge in [-0.15, -0.1) is 0 Å². The summed E-state index contributed by atoms with van der Waals surface area (Å²) in [6, 6.07) is 78.7. The average molecular weight is 907 g/mol. The van der Waals surface area contributed by atoms with Crippen LogP contribution in [0.1, 0.15) is 0 Å². The van der Waals surface area contributed by atoms with E-state index in [0.29, 0.717) is 86.2 Å². The molecule has 0 fully saturated rings. The van der Waals surface area contributed by atoms with Crippen LogP contribution in [-0.4, -0.2) is 0 Å². The van der Waals surface area contributed by atoms with Gasteiger partial charge < -0.3 is 42.6 Å². The molecule has 0 atom stereocenters. The second-order valence-electron chi connectivity index (χ2n) is 15.3. The molecule has 0 aliphatic carbocycles. The van der Waals surface area contributed by atoms with Crippen molar-refractivity contribution in [3.05, 3.63) is 255 Å². The minimum absolute atomic E-state index is 0.490. The molecule has 10 aromatic rings. The number of para-hydroxylation sites is 3. The van der Waals surface area contributed by atoms with Crippen molar-refractivity contribution >= 4 is 0 Å². The van der Waals surface area contributed by atoms with Crippen molar-refractivity contribution in [1.82, 2.24) is 0 Å². The molecule has 9 nitrogen and oxygen atoms in total. The molecule has 0 N–H and O–H groups in total. The van der Waals surface area contributed by atoms with E-state index in [1.807, 2.05) is 237 Å². The predicted molar refractivity (Wildman–Crippen MR) is 265 cm³/mol. The van der Waals surface area contributed by atoms with E-state index in [1.54, 1.807) is 18.2 Å². The molecule has 9 heteroatoms. The van der Waals surface area contributed by atoms with Gasteiger partial charge in [-0.2, -0.15) is 0 Å². The fourth-order valence-electron chi connectivity index (χ4n) is 6.87. The van der Waals surface area contributed by atoms with E-state index in [0.717, 1.165) is 17.2 Å². The number of ether oxygens (including phenoxy) is 9. The van der Waals surface area contributed by atoms with Crippen LogP contribution in [0, 0.1) is 0 Å². The summed E-state index contributed by atoms with van der Waals surface area (Å²) < 4.78 is 55.2. The summed E-state index contributed by atoms with van der Waals surface area (Å²) in [4.78, 5) is 0. The molecule has 0 aromatic heterocycles. The Balaban J connectivity index is 0.811. The smallest absolute Gasteiger partial charge is 0.134 e. The van der Waals surface area contributed by atoms with Crippen molar-refractivity contribution < 1.29 is 42.6 Å². The standard InChI is InChI=1S/C60H42O9/c1-4-10-43(11-5-1)61-46-16-22-49(23-17-46)64-52-28-34-55(35-29-52)67-58-40-59(68-56-36-30-53(31-37-56)65-50-24-18-47(19-25-50)62-44-12-6-2-7-13-44)42-60(41-58)69-57-38-32-54(33-39-57)66-51-26-20-48(21-27-51)63-45-14-8-3-9-15-45/h1-42H. The fourth-order valence-corrected chi connectivity index (χ4v) is 6.87. The van der Waals surface area contributed by atoms with E-state index in [-0.39, 0.29) is 0 Å². The van der Waals surface area contributed by atoms with Crippen molar-refractivity contribution in [2.75, 3.05) is 0 Å². The lowest BCUT2D eigenvalue weighted by atomic mass is 10.2. The molecule has 0 heterocycles. The zero-order valence-electron chi connectivity index (χ0n) is 36.9. The number of benzene rings is 10. The van der Waals surface area contributed by atoms with Crippen LogP contribution in [0.5, 0.6) is 103 Å². The van der Waals surface area contributed by atoms with Crippen molar-refractivity contribution in [2.24, 2.45) is 0 Å². The molecular formula is C60H42O9. The van der Waals surface area contributed by atoms with Gasteiger partial charge >= 0.3 is 0 Å². The summed E-state index contributed by atoms with van der Waals surface area (Å²) in [7, 11) is 0. The van der Waals surface area contributed by atoms with Gasteiger partial charge in [0.05, 0.1) is 0 Å². The third-order valence-corrected chi connectivity index (χ3v) is 10.1. The molecule has 10 rings (SSSR count). The Morgan fingerprint density at radius 3 is 0.377 bits per heavy atom. The first kappa shape index (κ1) is 43.3. The molecule has 0 spiro atoms. The molecule has 0 aliphatic rings. The Labute approximate surface area is 399 Å². The number of hydrogen-bond donors (Lipinski definition) is 0. The lowest BCUT2D eigenvalue weighted by molar-refractivity contribution is 0.436. The van der Waals surface area contributed by atoms with Crippen molar-refractivity contribution in [3.63, 3.8) is 0 Å². The zero-order chi connectivity index (χ0) is 46.5. The van der Waals surface area contributed by atoms with Gasteiger partial charge in [0, 0.05) is 18.2 Å². The van der Waals surface area contributed by atoms with Gasteiger partial charge in [0.15, 0.2) is 0 Å². The van der Waals surface area contributed by atoms with Crippen molar-refractivity contribution in [3.8, 4) is 103 Å². The van der Waals surface area contributed by atoms with Crippen LogP contribution in [0.2, 0.25) is 0 Å². The van der Waals surface area contributed by atoms with Gasteiger partial charge in [-0.3, -0.25) is 0 Å². The van der Waals surface area contributed by atoms with Crippen LogP contribution in [0.25, 0.3) is 0 Å². The minimum Gasteiger partial charge on any atom is -0.457 e. The number of rotatable bonds is 18. The summed E-state index contributed by atoms with van der Waals surface area (Å²) in [6.07, 6.45) is 0. The van der Waals surface area contributed by atoms with Gasteiger partial charge in [-0.05, 0) is 182 Å². The molecule has 10 aromatic carbocycles. The highest BCUT2D eigenvalue weighted by molar-refractivity contribution is 5.49. The second kappa shape index (κ2) is 21.1. The quantitative estimate of drug-likeness (QED) is 0.0836. The highest BCUT2D eigenvalue weighted by atomic mass is 16.5. The maximum absolute atomic E-state index is 6.38. The second-order valence-corrected chi connectivity index (χ2v) is 15.3. The largest absolute Gasteiger partial charge is 0.457 e. The molecule has 336 valence electrons. The number of hydrogen-bond acceptors (Lipinski definition) is 9. The molecule has 0 bridgehead atoms. The Morgan fingerprint density at radius 2 is 0.232 bits per heavy atom. The molecule has 0 unspecified atom stereocenters. The normalized spacial score (nSPS) is 10.6. The first-order valence-electron chi connectivity index (χ1n) is 22.1. The lowest BCUT2D eigenvalue weighted by Crippen LogP contribution is -1.92. The van der Waals surface area contributed by atoms with Crippen molar-refractivity contribution in [1.29, 1.82) is 0 Å². The molecule has 0 saturated carbocycles. The molecule has 0 aliphatic heterocycles. The van der Waals surface area contributed by atoms with Gasteiger partial charge in [-0.1, -0.05) is 54.6 Å². The monoisotopic (exact) mass is 906 g/mol. The third kappa shape index (κ3) is 12.4. The topological polar surface area (TPSA) is 83.1 Å². The van der Waals surface area contributed by atoms with Crippen LogP contribution in [-0.2, 0) is 0 Å². The van der Waals surface area contributed by atoms with Gasteiger partial charge in [0.1, 0.15) is 103 Å². The van der Waals surface area contributed by atoms with E-state index in [4.69, 9.17) is 42.6 Å². The molecule has 0 amide bonds. The SMILES string of the molecule is c1ccc(Oc2ccc(Oc3ccc(Oc4cc(Oc5ccc(Oc6ccc(Oc7ccccc7)cc6)cc5)cc(Oc5ccc(Oc6ccc(Oc7ccccc7)cc6)cc5)c4)cc3)cc2)cc1.